The number of alkyl halides is 2. The van der Waals surface area contributed by atoms with Crippen LogP contribution in [0, 0.1) is 0 Å². The molecule has 9 heavy (non-hydrogen) atoms. The Labute approximate surface area is 56.3 Å². The van der Waals surface area contributed by atoms with Crippen LogP contribution < -0.4 is 0 Å². The lowest BCUT2D eigenvalue weighted by atomic mass is 10.2. The smallest absolute Gasteiger partial charge is 0.0973 e. The first-order valence-electron chi connectivity index (χ1n) is 3.39. The molecule has 0 saturated heterocycles. The van der Waals surface area contributed by atoms with Crippen LogP contribution in [0.1, 0.15) is 33.6 Å². The maximum absolute atomic E-state index is 11.7. The van der Waals surface area contributed by atoms with Crippen LogP contribution in [0.3, 0.4) is 0 Å². The van der Waals surface area contributed by atoms with E-state index in [-0.39, 0.29) is 6.67 Å². The average molecular weight is 138 g/mol. The van der Waals surface area contributed by atoms with Gasteiger partial charge >= 0.3 is 0 Å². The minimum Gasteiger partial charge on any atom is -0.251 e. The van der Waals surface area contributed by atoms with Crippen molar-refractivity contribution in [3.8, 4) is 0 Å². The number of hydrogen-bond acceptors (Lipinski definition) is 0. The Morgan fingerprint density at radius 2 is 1.67 bits per heavy atom. The summed E-state index contributed by atoms with van der Waals surface area (Å²) < 4.78 is 22.0. The topological polar surface area (TPSA) is 0 Å². The van der Waals surface area contributed by atoms with Crippen LogP contribution in [0.5, 0.6) is 0 Å². The zero-order valence-electron chi connectivity index (χ0n) is 6.45. The van der Waals surface area contributed by atoms with Gasteiger partial charge in [0.1, 0.15) is 0 Å². The summed E-state index contributed by atoms with van der Waals surface area (Å²) in [7, 11) is 0. The van der Waals surface area contributed by atoms with Gasteiger partial charge in [-0.2, -0.15) is 0 Å². The van der Waals surface area contributed by atoms with Crippen LogP contribution in [-0.2, 0) is 0 Å². The van der Waals surface area contributed by atoms with E-state index in [1.807, 2.05) is 6.92 Å². The second kappa shape index (κ2) is 10.8. The molecule has 0 fully saturated rings. The molecule has 58 valence electrons. The fraction of sp³-hybridized carbons (Fsp3) is 1.00. The fourth-order valence-electron chi connectivity index (χ4n) is 0.398. The predicted molar refractivity (Wildman–Crippen MR) is 37.1 cm³/mol. The summed E-state index contributed by atoms with van der Waals surface area (Å²) in [6.07, 6.45) is 1.06. The molecule has 1 atom stereocenters. The highest BCUT2D eigenvalue weighted by Gasteiger charge is 1.90. The molecular weight excluding hydrogens is 122 g/mol. The van der Waals surface area contributed by atoms with E-state index in [9.17, 15) is 8.78 Å². The van der Waals surface area contributed by atoms with Gasteiger partial charge in [0.05, 0.1) is 12.8 Å². The van der Waals surface area contributed by atoms with Crippen LogP contribution in [-0.4, -0.2) is 12.8 Å². The summed E-state index contributed by atoms with van der Waals surface area (Å²) >= 11 is 0. The molecular formula is C7H16F2. The minimum absolute atomic E-state index is 0.250. The molecule has 0 radical (unpaired) electrons. The molecule has 0 aromatic carbocycles. The van der Waals surface area contributed by atoms with Crippen molar-refractivity contribution in [1.82, 2.24) is 0 Å². The summed E-state index contributed by atoms with van der Waals surface area (Å²) in [6, 6.07) is 0. The molecule has 0 amide bonds. The molecule has 0 rings (SSSR count). The molecule has 0 aromatic heterocycles. The highest BCUT2D eigenvalue weighted by atomic mass is 19.1. The van der Waals surface area contributed by atoms with Crippen LogP contribution >= 0.6 is 0 Å². The lowest BCUT2D eigenvalue weighted by molar-refractivity contribution is 0.339. The second-order valence-electron chi connectivity index (χ2n) is 1.84. The van der Waals surface area contributed by atoms with E-state index in [1.165, 1.54) is 6.92 Å². The van der Waals surface area contributed by atoms with Crippen molar-refractivity contribution in [2.45, 2.75) is 39.8 Å². The molecule has 0 bridgehead atoms. The van der Waals surface area contributed by atoms with Crippen molar-refractivity contribution >= 4 is 0 Å². The molecule has 0 saturated carbocycles. The van der Waals surface area contributed by atoms with Gasteiger partial charge in [-0.15, -0.1) is 0 Å². The molecule has 0 aliphatic carbocycles. The Bertz CT molecular complexity index is 35.9. The SMILES string of the molecule is CCCC(C)F.CCF. The first-order valence-corrected chi connectivity index (χ1v) is 3.39. The Morgan fingerprint density at radius 3 is 1.67 bits per heavy atom. The third-order valence-corrected chi connectivity index (χ3v) is 0.686. The number of rotatable bonds is 2. The van der Waals surface area contributed by atoms with Gasteiger partial charge in [0.15, 0.2) is 0 Å². The predicted octanol–water partition coefficient (Wildman–Crippen LogP) is 3.12. The van der Waals surface area contributed by atoms with E-state index in [0.29, 0.717) is 6.42 Å². The van der Waals surface area contributed by atoms with Gasteiger partial charge in [-0.05, 0) is 20.3 Å². The van der Waals surface area contributed by atoms with E-state index in [4.69, 9.17) is 0 Å². The normalized spacial score (nSPS) is 11.7. The van der Waals surface area contributed by atoms with Crippen molar-refractivity contribution in [2.75, 3.05) is 6.67 Å². The molecule has 1 unspecified atom stereocenters. The first-order chi connectivity index (χ1) is 4.18. The van der Waals surface area contributed by atoms with Crippen LogP contribution in [0.4, 0.5) is 8.78 Å². The van der Waals surface area contributed by atoms with Gasteiger partial charge in [0.25, 0.3) is 0 Å². The third-order valence-electron chi connectivity index (χ3n) is 0.686. The monoisotopic (exact) mass is 138 g/mol. The zero-order chi connectivity index (χ0) is 7.70. The van der Waals surface area contributed by atoms with Crippen molar-refractivity contribution in [1.29, 1.82) is 0 Å². The van der Waals surface area contributed by atoms with Gasteiger partial charge in [-0.3, -0.25) is 4.39 Å². The number of hydrogen-bond donors (Lipinski definition) is 0. The Morgan fingerprint density at radius 1 is 1.33 bits per heavy atom. The molecule has 0 spiro atoms. The molecule has 0 heterocycles. The van der Waals surface area contributed by atoms with Crippen molar-refractivity contribution in [3.05, 3.63) is 0 Å². The maximum atomic E-state index is 11.7. The molecule has 0 N–H and O–H groups in total. The van der Waals surface area contributed by atoms with E-state index in [1.54, 1.807) is 6.92 Å². The van der Waals surface area contributed by atoms with Gasteiger partial charge in [0, 0.05) is 0 Å². The van der Waals surface area contributed by atoms with Gasteiger partial charge < -0.3 is 0 Å². The summed E-state index contributed by atoms with van der Waals surface area (Å²) in [5, 5.41) is 0. The maximum Gasteiger partial charge on any atom is 0.0973 e. The zero-order valence-corrected chi connectivity index (χ0v) is 6.45. The standard InChI is InChI=1S/C5H11F.C2H5F/c1-3-4-5(2)6;1-2-3/h5H,3-4H2,1-2H3;2H2,1H3. The Hall–Kier alpha value is -0.140. The Balaban J connectivity index is 0. The van der Waals surface area contributed by atoms with E-state index in [0.717, 1.165) is 6.42 Å². The average Bonchev–Trinajstić information content (AvgIpc) is 1.67. The van der Waals surface area contributed by atoms with Crippen LogP contribution in [0.2, 0.25) is 0 Å². The Kier molecular flexibility index (Phi) is 13.9. The van der Waals surface area contributed by atoms with Gasteiger partial charge in [0.2, 0.25) is 0 Å². The molecule has 0 nitrogen and oxygen atoms in total. The van der Waals surface area contributed by atoms with Crippen molar-refractivity contribution in [3.63, 3.8) is 0 Å². The second-order valence-corrected chi connectivity index (χ2v) is 1.84. The summed E-state index contributed by atoms with van der Waals surface area (Å²) in [4.78, 5) is 0. The highest BCUT2D eigenvalue weighted by Crippen LogP contribution is 1.97. The van der Waals surface area contributed by atoms with Gasteiger partial charge in [-0.25, -0.2) is 4.39 Å². The van der Waals surface area contributed by atoms with Crippen LogP contribution in [0.25, 0.3) is 0 Å². The highest BCUT2D eigenvalue weighted by molar-refractivity contribution is 4.41. The fourth-order valence-corrected chi connectivity index (χ4v) is 0.398. The van der Waals surface area contributed by atoms with Gasteiger partial charge in [-0.1, -0.05) is 13.3 Å². The molecule has 0 aliphatic rings. The summed E-state index contributed by atoms with van der Waals surface area (Å²) in [5.41, 5.74) is 0. The third kappa shape index (κ3) is 33.0. The lowest BCUT2D eigenvalue weighted by Gasteiger charge is -1.91. The van der Waals surface area contributed by atoms with E-state index < -0.39 is 6.17 Å². The molecule has 0 aliphatic heterocycles. The molecule has 0 aromatic rings. The van der Waals surface area contributed by atoms with E-state index in [2.05, 4.69) is 0 Å². The first kappa shape index (κ1) is 11.6. The summed E-state index contributed by atoms with van der Waals surface area (Å²) in [6.45, 7) is 4.78. The molecule has 2 heteroatoms. The largest absolute Gasteiger partial charge is 0.251 e. The quantitative estimate of drug-likeness (QED) is 0.550. The van der Waals surface area contributed by atoms with Crippen molar-refractivity contribution < 1.29 is 8.78 Å². The summed E-state index contributed by atoms with van der Waals surface area (Å²) in [5.74, 6) is 0. The number of halogens is 2. The van der Waals surface area contributed by atoms with E-state index >= 15 is 0 Å². The van der Waals surface area contributed by atoms with Crippen LogP contribution in [0.15, 0.2) is 0 Å². The van der Waals surface area contributed by atoms with Crippen molar-refractivity contribution in [2.24, 2.45) is 0 Å². The minimum atomic E-state index is -0.602. The lowest BCUT2D eigenvalue weighted by Crippen LogP contribution is -1.87.